The molecular formula is C25H22N2O3. The molecule has 4 N–H and O–H groups in total. The van der Waals surface area contributed by atoms with E-state index in [1.807, 2.05) is 72.8 Å². The van der Waals surface area contributed by atoms with Crippen LogP contribution < -0.4 is 5.32 Å². The fraction of sp³-hybridized carbons (Fsp3) is 0.0800. The Labute approximate surface area is 174 Å². The van der Waals surface area contributed by atoms with E-state index in [0.29, 0.717) is 24.2 Å². The van der Waals surface area contributed by atoms with E-state index in [4.69, 9.17) is 0 Å². The van der Waals surface area contributed by atoms with Crippen LogP contribution >= 0.6 is 0 Å². The fourth-order valence-electron chi connectivity index (χ4n) is 3.41. The summed E-state index contributed by atoms with van der Waals surface area (Å²) in [6, 6.07) is 27.1. The van der Waals surface area contributed by atoms with Gasteiger partial charge in [0.1, 0.15) is 5.56 Å². The predicted octanol–water partition coefficient (Wildman–Crippen LogP) is 5.13. The first-order valence-corrected chi connectivity index (χ1v) is 9.75. The van der Waals surface area contributed by atoms with Crippen LogP contribution in [0.5, 0.6) is 11.6 Å². The van der Waals surface area contributed by atoms with Crippen LogP contribution in [-0.4, -0.2) is 21.1 Å². The zero-order chi connectivity index (χ0) is 20.9. The molecule has 0 aliphatic carbocycles. The molecule has 0 spiro atoms. The molecule has 1 amide bonds. The van der Waals surface area contributed by atoms with Crippen LogP contribution in [0.25, 0.3) is 11.1 Å². The van der Waals surface area contributed by atoms with Gasteiger partial charge in [-0.25, -0.2) is 0 Å². The van der Waals surface area contributed by atoms with Crippen molar-refractivity contribution in [1.82, 2.24) is 4.98 Å². The second-order valence-electron chi connectivity index (χ2n) is 7.06. The van der Waals surface area contributed by atoms with Crippen molar-refractivity contribution < 1.29 is 15.0 Å². The molecule has 3 aromatic carbocycles. The fourth-order valence-corrected chi connectivity index (χ4v) is 3.41. The van der Waals surface area contributed by atoms with Gasteiger partial charge in [-0.1, -0.05) is 72.8 Å². The van der Waals surface area contributed by atoms with Crippen LogP contribution in [0.15, 0.2) is 84.9 Å². The number of aryl methyl sites for hydroxylation is 2. The van der Waals surface area contributed by atoms with E-state index < -0.39 is 5.91 Å². The van der Waals surface area contributed by atoms with Gasteiger partial charge in [-0.3, -0.25) is 4.79 Å². The number of aromatic amines is 1. The smallest absolute Gasteiger partial charge is 0.264 e. The third-order valence-corrected chi connectivity index (χ3v) is 5.01. The number of amides is 1. The number of carbonyl (C=O) groups is 1. The van der Waals surface area contributed by atoms with Crippen molar-refractivity contribution in [3.8, 4) is 22.8 Å². The number of carbonyl (C=O) groups excluding carboxylic acids is 1. The summed E-state index contributed by atoms with van der Waals surface area (Å²) in [6.45, 7) is 0. The first kappa shape index (κ1) is 19.3. The van der Waals surface area contributed by atoms with Gasteiger partial charge in [0.25, 0.3) is 5.91 Å². The Hall–Kier alpha value is -3.99. The molecule has 0 radical (unpaired) electrons. The molecular weight excluding hydrogens is 376 g/mol. The van der Waals surface area contributed by atoms with Crippen molar-refractivity contribution in [3.63, 3.8) is 0 Å². The number of H-pyrrole nitrogens is 1. The minimum Gasteiger partial charge on any atom is -0.505 e. The van der Waals surface area contributed by atoms with Crippen molar-refractivity contribution in [2.45, 2.75) is 12.8 Å². The molecule has 0 aliphatic heterocycles. The Kier molecular flexibility index (Phi) is 5.52. The summed E-state index contributed by atoms with van der Waals surface area (Å²) in [5.41, 5.74) is 4.08. The highest BCUT2D eigenvalue weighted by Gasteiger charge is 2.23. The Bertz CT molecular complexity index is 1130. The van der Waals surface area contributed by atoms with Gasteiger partial charge in [0.2, 0.25) is 5.88 Å². The van der Waals surface area contributed by atoms with Crippen LogP contribution in [-0.2, 0) is 12.8 Å². The van der Waals surface area contributed by atoms with Crippen molar-refractivity contribution >= 4 is 11.6 Å². The zero-order valence-corrected chi connectivity index (χ0v) is 16.3. The van der Waals surface area contributed by atoms with Crippen molar-refractivity contribution in [2.24, 2.45) is 0 Å². The molecule has 1 heterocycles. The van der Waals surface area contributed by atoms with Gasteiger partial charge < -0.3 is 20.5 Å². The van der Waals surface area contributed by atoms with E-state index in [-0.39, 0.29) is 17.2 Å². The van der Waals surface area contributed by atoms with Crippen LogP contribution in [0.4, 0.5) is 5.69 Å². The Morgan fingerprint density at radius 3 is 2.03 bits per heavy atom. The number of hydrogen-bond donors (Lipinski definition) is 4. The van der Waals surface area contributed by atoms with E-state index in [1.165, 1.54) is 0 Å². The molecule has 1 aromatic heterocycles. The molecule has 4 rings (SSSR count). The average molecular weight is 398 g/mol. The van der Waals surface area contributed by atoms with Gasteiger partial charge in [0, 0.05) is 5.69 Å². The van der Waals surface area contributed by atoms with Crippen LogP contribution in [0.1, 0.15) is 21.6 Å². The Morgan fingerprint density at radius 1 is 0.767 bits per heavy atom. The summed E-state index contributed by atoms with van der Waals surface area (Å²) < 4.78 is 0. The van der Waals surface area contributed by atoms with E-state index in [1.54, 1.807) is 12.1 Å². The maximum Gasteiger partial charge on any atom is 0.264 e. The molecule has 0 atom stereocenters. The van der Waals surface area contributed by atoms with E-state index in [0.717, 1.165) is 16.7 Å². The molecule has 4 aromatic rings. The number of rotatable bonds is 6. The lowest BCUT2D eigenvalue weighted by atomic mass is 10.1. The monoisotopic (exact) mass is 398 g/mol. The van der Waals surface area contributed by atoms with Gasteiger partial charge in [0.05, 0.1) is 5.69 Å². The predicted molar refractivity (Wildman–Crippen MR) is 118 cm³/mol. The summed E-state index contributed by atoms with van der Waals surface area (Å²) in [7, 11) is 0. The Morgan fingerprint density at radius 2 is 1.37 bits per heavy atom. The number of hydrogen-bond acceptors (Lipinski definition) is 3. The summed E-state index contributed by atoms with van der Waals surface area (Å²) in [6.07, 6.45) is 1.15. The standard InChI is InChI=1S/C25H22N2O3/c28-23-21(16-11-17-7-3-1-4-8-17)27-25(30)22(23)24(29)26-20-14-12-19(13-15-20)18-9-5-2-6-10-18/h1-10,12-15,27-28,30H,11,16H2,(H,26,29). The minimum absolute atomic E-state index is 0.148. The molecule has 150 valence electrons. The number of aromatic hydroxyl groups is 2. The maximum absolute atomic E-state index is 12.6. The van der Waals surface area contributed by atoms with Crippen LogP contribution in [0.3, 0.4) is 0 Å². The van der Waals surface area contributed by atoms with E-state index >= 15 is 0 Å². The SMILES string of the molecule is O=C(Nc1ccc(-c2ccccc2)cc1)c1c(O)[nH]c(CCc2ccccc2)c1O. The highest BCUT2D eigenvalue weighted by molar-refractivity contribution is 6.08. The largest absolute Gasteiger partial charge is 0.505 e. The molecule has 0 fully saturated rings. The molecule has 0 unspecified atom stereocenters. The molecule has 5 heteroatoms. The summed E-state index contributed by atoms with van der Waals surface area (Å²) in [4.78, 5) is 15.4. The molecule has 5 nitrogen and oxygen atoms in total. The normalized spacial score (nSPS) is 10.7. The molecule has 0 aliphatic rings. The lowest BCUT2D eigenvalue weighted by Gasteiger charge is -2.07. The third-order valence-electron chi connectivity index (χ3n) is 5.01. The van der Waals surface area contributed by atoms with Gasteiger partial charge in [0.15, 0.2) is 5.75 Å². The van der Waals surface area contributed by atoms with Gasteiger partial charge in [-0.2, -0.15) is 0 Å². The van der Waals surface area contributed by atoms with Crippen LogP contribution in [0.2, 0.25) is 0 Å². The highest BCUT2D eigenvalue weighted by atomic mass is 16.3. The van der Waals surface area contributed by atoms with Crippen molar-refractivity contribution in [3.05, 3.63) is 102 Å². The van der Waals surface area contributed by atoms with Gasteiger partial charge in [-0.05, 0) is 41.7 Å². The summed E-state index contributed by atoms with van der Waals surface area (Å²) in [5.74, 6) is -1.13. The lowest BCUT2D eigenvalue weighted by molar-refractivity contribution is 0.102. The third kappa shape index (κ3) is 4.20. The quantitative estimate of drug-likeness (QED) is 0.363. The number of benzene rings is 3. The first-order valence-electron chi connectivity index (χ1n) is 9.75. The summed E-state index contributed by atoms with van der Waals surface area (Å²) in [5, 5.41) is 23.4. The van der Waals surface area contributed by atoms with E-state index in [9.17, 15) is 15.0 Å². The first-order chi connectivity index (χ1) is 14.6. The van der Waals surface area contributed by atoms with E-state index in [2.05, 4.69) is 10.3 Å². The Balaban J connectivity index is 1.46. The highest BCUT2D eigenvalue weighted by Crippen LogP contribution is 2.32. The maximum atomic E-state index is 12.6. The summed E-state index contributed by atoms with van der Waals surface area (Å²) >= 11 is 0. The van der Waals surface area contributed by atoms with Crippen molar-refractivity contribution in [2.75, 3.05) is 5.32 Å². The average Bonchev–Trinajstić information content (AvgIpc) is 3.07. The second-order valence-corrected chi connectivity index (χ2v) is 7.06. The molecule has 30 heavy (non-hydrogen) atoms. The van der Waals surface area contributed by atoms with Gasteiger partial charge >= 0.3 is 0 Å². The molecule has 0 saturated carbocycles. The van der Waals surface area contributed by atoms with Crippen molar-refractivity contribution in [1.29, 1.82) is 0 Å². The number of anilines is 1. The lowest BCUT2D eigenvalue weighted by Crippen LogP contribution is -2.11. The topological polar surface area (TPSA) is 85.4 Å². The van der Waals surface area contributed by atoms with Gasteiger partial charge in [-0.15, -0.1) is 0 Å². The molecule has 0 bridgehead atoms. The number of aromatic nitrogens is 1. The molecule has 0 saturated heterocycles. The zero-order valence-electron chi connectivity index (χ0n) is 16.3. The number of nitrogens with one attached hydrogen (secondary N) is 2. The second kappa shape index (κ2) is 8.57. The minimum atomic E-state index is -0.570. The van der Waals surface area contributed by atoms with Crippen LogP contribution in [0, 0.1) is 0 Å².